The van der Waals surface area contributed by atoms with Gasteiger partial charge in [-0.25, -0.2) is 9.97 Å². The highest BCUT2D eigenvalue weighted by Gasteiger charge is 2.57. The van der Waals surface area contributed by atoms with Crippen LogP contribution >= 0.6 is 11.6 Å². The number of rotatable bonds is 8. The van der Waals surface area contributed by atoms with Crippen LogP contribution in [0.1, 0.15) is 36.6 Å². The lowest BCUT2D eigenvalue weighted by Crippen LogP contribution is -2.37. The molecule has 1 amide bonds. The summed E-state index contributed by atoms with van der Waals surface area (Å²) in [5.74, 6) is -6.61. The summed E-state index contributed by atoms with van der Waals surface area (Å²) in [5, 5.41) is 16.3. The molecule has 1 unspecified atom stereocenters. The first-order valence-electron chi connectivity index (χ1n) is 12.4. The Bertz CT molecular complexity index is 1730. The maximum atomic E-state index is 13.7. The van der Waals surface area contributed by atoms with Crippen LogP contribution in [-0.2, 0) is 28.0 Å². The van der Waals surface area contributed by atoms with Crippen molar-refractivity contribution in [3.05, 3.63) is 58.4 Å². The Morgan fingerprint density at radius 3 is 2.55 bits per heavy atom. The van der Waals surface area contributed by atoms with Gasteiger partial charge in [-0.3, -0.25) is 19.3 Å². The van der Waals surface area contributed by atoms with Crippen LogP contribution < -0.4 is 11.1 Å². The molecule has 0 saturated carbocycles. The van der Waals surface area contributed by atoms with Crippen molar-refractivity contribution < 1.29 is 36.6 Å². The van der Waals surface area contributed by atoms with E-state index in [0.717, 1.165) is 4.68 Å². The molecule has 220 valence electrons. The molecule has 0 aliphatic carbocycles. The molecule has 16 heteroatoms. The highest BCUT2D eigenvalue weighted by molar-refractivity contribution is 6.31. The summed E-state index contributed by atoms with van der Waals surface area (Å²) in [7, 11) is 0. The normalized spacial score (nSPS) is 17.0. The number of amides is 1. The maximum absolute atomic E-state index is 13.7. The van der Waals surface area contributed by atoms with E-state index in [1.807, 2.05) is 0 Å². The number of halogens is 6. The summed E-state index contributed by atoms with van der Waals surface area (Å²) in [6, 6.07) is 7.56. The van der Waals surface area contributed by atoms with Crippen LogP contribution in [0.25, 0.3) is 22.4 Å². The molecule has 1 aromatic carbocycles. The van der Waals surface area contributed by atoms with Crippen molar-refractivity contribution in [2.45, 2.75) is 50.2 Å². The van der Waals surface area contributed by atoms with Gasteiger partial charge in [-0.2, -0.15) is 27.1 Å². The molecule has 1 aliphatic rings. The van der Waals surface area contributed by atoms with Gasteiger partial charge in [0, 0.05) is 36.0 Å². The van der Waals surface area contributed by atoms with E-state index in [4.69, 9.17) is 22.4 Å². The summed E-state index contributed by atoms with van der Waals surface area (Å²) in [6.45, 7) is 0.770. The van der Waals surface area contributed by atoms with Gasteiger partial charge in [0.05, 0.1) is 16.8 Å². The highest BCUT2D eigenvalue weighted by atomic mass is 35.5. The molecule has 0 bridgehead atoms. The molecule has 0 spiro atoms. The predicted molar refractivity (Wildman–Crippen MR) is 141 cm³/mol. The van der Waals surface area contributed by atoms with Crippen molar-refractivity contribution >= 4 is 46.0 Å². The average Bonchev–Trinajstić information content (AvgIpc) is 3.40. The lowest BCUT2D eigenvalue weighted by Gasteiger charge is -2.22. The first kappa shape index (κ1) is 29.1. The number of aliphatic carboxylic acids is 1. The molecule has 0 saturated heterocycles. The molecule has 1 aliphatic heterocycles. The number of hydrogen-bond acceptors (Lipinski definition) is 7. The monoisotopic (exact) mass is 609 g/mol. The van der Waals surface area contributed by atoms with E-state index in [1.165, 1.54) is 24.4 Å². The number of hydrogen-bond donors (Lipinski definition) is 3. The van der Waals surface area contributed by atoms with E-state index in [9.17, 15) is 31.5 Å². The third-order valence-electron chi connectivity index (χ3n) is 7.07. The molecule has 4 aromatic rings. The number of aryl methyl sites for hydroxylation is 2. The quantitative estimate of drug-likeness (QED) is 0.237. The van der Waals surface area contributed by atoms with Gasteiger partial charge in [0.25, 0.3) is 0 Å². The Balaban J connectivity index is 1.54. The number of nitrogen functional groups attached to an aromatic ring is 1. The number of carbonyl (C=O) groups is 2. The first-order chi connectivity index (χ1) is 19.6. The van der Waals surface area contributed by atoms with Crippen molar-refractivity contribution in [3.8, 4) is 11.5 Å². The van der Waals surface area contributed by atoms with Gasteiger partial charge >= 0.3 is 18.1 Å². The standard InChI is InChI=1S/C26H21ClF5N7O3/c1-24(16-6-2-12(11-34-16)3-7-17(40)41)18-20(33)35-22(36-21(18)37-23(24)42)19-14-5-4-13(27)10-15(14)39(38-19)9-8-25(28,29)26(30,31)32/h2,4-6,10-11H,3,7-9H2,1H3,(H,40,41)(H3,33,35,36,37,42). The number of nitrogens with one attached hydrogen (secondary N) is 1. The van der Waals surface area contributed by atoms with E-state index < -0.39 is 42.4 Å². The van der Waals surface area contributed by atoms with Gasteiger partial charge in [0.1, 0.15) is 22.7 Å². The number of nitrogens with two attached hydrogens (primary N) is 1. The molecule has 10 nitrogen and oxygen atoms in total. The number of carbonyl (C=O) groups excluding carboxylic acids is 1. The number of fused-ring (bicyclic) bond motifs is 2. The summed E-state index contributed by atoms with van der Waals surface area (Å²) < 4.78 is 66.6. The van der Waals surface area contributed by atoms with Crippen LogP contribution in [0.3, 0.4) is 0 Å². The summed E-state index contributed by atoms with van der Waals surface area (Å²) in [4.78, 5) is 37.2. The second-order valence-electron chi connectivity index (χ2n) is 9.87. The fraction of sp³-hybridized carbons (Fsp3) is 0.308. The number of pyridine rings is 1. The fourth-order valence-corrected chi connectivity index (χ4v) is 4.91. The minimum absolute atomic E-state index is 0.0234. The van der Waals surface area contributed by atoms with Crippen molar-refractivity contribution in [3.63, 3.8) is 0 Å². The summed E-state index contributed by atoms with van der Waals surface area (Å²) >= 11 is 6.06. The molecule has 3 aromatic heterocycles. The minimum atomic E-state index is -5.73. The number of alkyl halides is 5. The predicted octanol–water partition coefficient (Wildman–Crippen LogP) is 4.99. The minimum Gasteiger partial charge on any atom is -0.481 e. The SMILES string of the molecule is CC1(c2ccc(CCC(=O)O)cn2)C(=O)Nc2nc(-c3nn(CCC(F)(F)C(F)(F)F)c4cc(Cl)ccc34)nc(N)c21. The first-order valence-corrected chi connectivity index (χ1v) is 12.8. The lowest BCUT2D eigenvalue weighted by molar-refractivity contribution is -0.285. The number of nitrogens with zero attached hydrogens (tertiary/aromatic N) is 5. The number of benzene rings is 1. The van der Waals surface area contributed by atoms with Crippen LogP contribution in [0.2, 0.25) is 5.02 Å². The van der Waals surface area contributed by atoms with Gasteiger partial charge in [0.15, 0.2) is 5.82 Å². The van der Waals surface area contributed by atoms with Crippen LogP contribution in [0.15, 0.2) is 36.5 Å². The topological polar surface area (TPSA) is 149 Å². The fourth-order valence-electron chi connectivity index (χ4n) is 4.75. The second-order valence-corrected chi connectivity index (χ2v) is 10.3. The van der Waals surface area contributed by atoms with Gasteiger partial charge in [-0.1, -0.05) is 17.7 Å². The van der Waals surface area contributed by atoms with Gasteiger partial charge in [-0.15, -0.1) is 0 Å². The number of carboxylic acid groups (broad SMARTS) is 1. The molecule has 5 rings (SSSR count). The molecule has 1 atom stereocenters. The lowest BCUT2D eigenvalue weighted by atomic mass is 9.80. The van der Waals surface area contributed by atoms with Crippen molar-refractivity contribution in [2.75, 3.05) is 11.1 Å². The zero-order valence-electron chi connectivity index (χ0n) is 21.6. The van der Waals surface area contributed by atoms with Crippen LogP contribution in [0, 0.1) is 0 Å². The molecule has 0 radical (unpaired) electrons. The maximum Gasteiger partial charge on any atom is 0.453 e. The van der Waals surface area contributed by atoms with Crippen molar-refractivity contribution in [1.29, 1.82) is 0 Å². The van der Waals surface area contributed by atoms with Gasteiger partial charge in [0.2, 0.25) is 5.91 Å². The smallest absolute Gasteiger partial charge is 0.453 e. The van der Waals surface area contributed by atoms with Crippen molar-refractivity contribution in [1.82, 2.24) is 24.7 Å². The Morgan fingerprint density at radius 2 is 1.90 bits per heavy atom. The van der Waals surface area contributed by atoms with Crippen LogP contribution in [0.5, 0.6) is 0 Å². The van der Waals surface area contributed by atoms with E-state index in [2.05, 4.69) is 25.4 Å². The zero-order valence-corrected chi connectivity index (χ0v) is 22.4. The van der Waals surface area contributed by atoms with Gasteiger partial charge < -0.3 is 16.2 Å². The second kappa shape index (κ2) is 10.2. The van der Waals surface area contributed by atoms with Gasteiger partial charge in [-0.05, 0) is 43.2 Å². The molecule has 0 fully saturated rings. The van der Waals surface area contributed by atoms with Crippen molar-refractivity contribution in [2.24, 2.45) is 0 Å². The number of aromatic nitrogens is 5. The summed E-state index contributed by atoms with van der Waals surface area (Å²) in [5.41, 5.74) is 6.27. The number of anilines is 2. The third-order valence-corrected chi connectivity index (χ3v) is 7.30. The third kappa shape index (κ3) is 4.97. The van der Waals surface area contributed by atoms with Crippen LogP contribution in [-0.4, -0.2) is 53.8 Å². The molecule has 4 heterocycles. The molecule has 4 N–H and O–H groups in total. The van der Waals surface area contributed by atoms with E-state index >= 15 is 0 Å². The Morgan fingerprint density at radius 1 is 1.17 bits per heavy atom. The summed E-state index contributed by atoms with van der Waals surface area (Å²) in [6.07, 6.45) is -5.68. The average molecular weight is 610 g/mol. The number of carboxylic acids is 1. The Hall–Kier alpha value is -4.40. The molecular formula is C26H21ClF5N7O3. The Labute approximate surface area is 238 Å². The molecule has 42 heavy (non-hydrogen) atoms. The highest BCUT2D eigenvalue weighted by Crippen LogP contribution is 2.45. The largest absolute Gasteiger partial charge is 0.481 e. The zero-order chi connectivity index (χ0) is 30.6. The van der Waals surface area contributed by atoms with E-state index in [-0.39, 0.29) is 52.1 Å². The van der Waals surface area contributed by atoms with E-state index in [0.29, 0.717) is 16.6 Å². The molecular weight excluding hydrogens is 589 g/mol. The van der Waals surface area contributed by atoms with E-state index in [1.54, 1.807) is 19.1 Å². The van der Waals surface area contributed by atoms with Crippen LogP contribution in [0.4, 0.5) is 33.6 Å². The Kier molecular flexibility index (Phi) is 7.03.